The van der Waals surface area contributed by atoms with Crippen LogP contribution >= 0.6 is 0 Å². The lowest BCUT2D eigenvalue weighted by molar-refractivity contribution is -0.139. The molecule has 2 heterocycles. The van der Waals surface area contributed by atoms with Crippen LogP contribution in [0.25, 0.3) is 0 Å². The molecule has 5 heteroatoms. The number of hydrogen-bond donors (Lipinski definition) is 0. The maximum absolute atomic E-state index is 13.0. The van der Waals surface area contributed by atoms with E-state index in [9.17, 15) is 9.59 Å². The van der Waals surface area contributed by atoms with Gasteiger partial charge in [-0.2, -0.15) is 0 Å². The van der Waals surface area contributed by atoms with Crippen LogP contribution in [0.3, 0.4) is 0 Å². The molecule has 1 atom stereocenters. The van der Waals surface area contributed by atoms with Gasteiger partial charge in [0, 0.05) is 26.1 Å². The van der Waals surface area contributed by atoms with Crippen molar-refractivity contribution in [3.63, 3.8) is 0 Å². The predicted molar refractivity (Wildman–Crippen MR) is 85.4 cm³/mol. The monoisotopic (exact) mass is 306 g/mol. The van der Waals surface area contributed by atoms with Gasteiger partial charge in [0.2, 0.25) is 0 Å². The van der Waals surface area contributed by atoms with E-state index in [-0.39, 0.29) is 5.91 Å². The van der Waals surface area contributed by atoms with E-state index in [2.05, 4.69) is 6.58 Å². The summed E-state index contributed by atoms with van der Waals surface area (Å²) in [7, 11) is 0. The fourth-order valence-electron chi connectivity index (χ4n) is 3.03. The van der Waals surface area contributed by atoms with Gasteiger partial charge < -0.3 is 9.64 Å². The molecular weight excluding hydrogens is 280 g/mol. The Morgan fingerprint density at radius 3 is 2.50 bits per heavy atom. The molecule has 2 rings (SSSR count). The number of carbonyl (C=O) groups is 2. The first kappa shape index (κ1) is 16.6. The minimum Gasteiger partial charge on any atom is -0.444 e. The number of rotatable bonds is 3. The number of hydrogen-bond acceptors (Lipinski definition) is 3. The number of ether oxygens (including phenoxy) is 1. The second kappa shape index (κ2) is 6.15. The van der Waals surface area contributed by atoms with Crippen molar-refractivity contribution in [1.82, 2.24) is 9.80 Å². The molecule has 0 aromatic rings. The van der Waals surface area contributed by atoms with Crippen LogP contribution in [0.4, 0.5) is 4.79 Å². The molecule has 2 aliphatic rings. The molecule has 0 saturated carbocycles. The van der Waals surface area contributed by atoms with E-state index in [0.717, 1.165) is 25.9 Å². The van der Waals surface area contributed by atoms with Gasteiger partial charge in [-0.15, -0.1) is 6.58 Å². The summed E-state index contributed by atoms with van der Waals surface area (Å²) in [5.41, 5.74) is -1.56. The molecule has 5 nitrogen and oxygen atoms in total. The fraction of sp³-hybridized carbons (Fsp3) is 0.647. The summed E-state index contributed by atoms with van der Waals surface area (Å²) in [5, 5.41) is 0. The van der Waals surface area contributed by atoms with Crippen LogP contribution in [0.1, 0.15) is 40.0 Å². The lowest BCUT2D eigenvalue weighted by Gasteiger charge is -2.39. The minimum atomic E-state index is -0.978. The van der Waals surface area contributed by atoms with Gasteiger partial charge >= 0.3 is 6.09 Å². The molecule has 122 valence electrons. The van der Waals surface area contributed by atoms with Crippen molar-refractivity contribution in [2.75, 3.05) is 19.6 Å². The Morgan fingerprint density at radius 1 is 1.32 bits per heavy atom. The van der Waals surface area contributed by atoms with Gasteiger partial charge in [0.25, 0.3) is 5.91 Å². The largest absolute Gasteiger partial charge is 0.444 e. The molecule has 2 amide bonds. The molecule has 0 bridgehead atoms. The Hall–Kier alpha value is -1.78. The second-order valence-electron chi connectivity index (χ2n) is 6.91. The molecule has 1 saturated heterocycles. The van der Waals surface area contributed by atoms with Crippen molar-refractivity contribution in [1.29, 1.82) is 0 Å². The van der Waals surface area contributed by atoms with Crippen LogP contribution in [0, 0.1) is 0 Å². The molecule has 1 fully saturated rings. The standard InChI is InChI=1S/C17H26N2O3/c1-5-9-17(14(20)18-11-6-7-12-18)10-8-13-19(17)15(21)22-16(2,3)4/h5,8,10H,1,6-7,9,11-13H2,2-4H3. The second-order valence-corrected chi connectivity index (χ2v) is 6.91. The van der Waals surface area contributed by atoms with E-state index in [1.807, 2.05) is 37.8 Å². The first-order chi connectivity index (χ1) is 10.3. The quantitative estimate of drug-likeness (QED) is 0.753. The van der Waals surface area contributed by atoms with E-state index in [0.29, 0.717) is 13.0 Å². The van der Waals surface area contributed by atoms with E-state index in [1.54, 1.807) is 6.08 Å². The zero-order valence-electron chi connectivity index (χ0n) is 13.8. The van der Waals surface area contributed by atoms with Gasteiger partial charge in [0.1, 0.15) is 11.1 Å². The first-order valence-corrected chi connectivity index (χ1v) is 7.89. The zero-order chi connectivity index (χ0) is 16.4. The number of likely N-dealkylation sites (tertiary alicyclic amines) is 1. The third-order valence-electron chi connectivity index (χ3n) is 4.00. The highest BCUT2D eigenvalue weighted by atomic mass is 16.6. The molecular formula is C17H26N2O3. The average molecular weight is 306 g/mol. The third-order valence-corrected chi connectivity index (χ3v) is 4.00. The van der Waals surface area contributed by atoms with Crippen molar-refractivity contribution in [2.24, 2.45) is 0 Å². The molecule has 1 unspecified atom stereocenters. The predicted octanol–water partition coefficient (Wildman–Crippen LogP) is 2.73. The molecule has 0 spiro atoms. The van der Waals surface area contributed by atoms with Gasteiger partial charge in [0.05, 0.1) is 0 Å². The summed E-state index contributed by atoms with van der Waals surface area (Å²) in [5.74, 6) is -0.0236. The molecule has 0 aromatic heterocycles. The van der Waals surface area contributed by atoms with Gasteiger partial charge in [-0.25, -0.2) is 4.79 Å². The molecule has 2 aliphatic heterocycles. The van der Waals surface area contributed by atoms with Gasteiger partial charge in [-0.1, -0.05) is 18.2 Å². The first-order valence-electron chi connectivity index (χ1n) is 7.89. The highest BCUT2D eigenvalue weighted by molar-refractivity contribution is 5.93. The van der Waals surface area contributed by atoms with Crippen molar-refractivity contribution in [3.8, 4) is 0 Å². The minimum absolute atomic E-state index is 0.0236. The normalized spacial score (nSPS) is 24.7. The third kappa shape index (κ3) is 3.18. The van der Waals surface area contributed by atoms with Crippen molar-refractivity contribution in [3.05, 3.63) is 24.8 Å². The Bertz CT molecular complexity index is 487. The summed E-state index contributed by atoms with van der Waals surface area (Å²) in [4.78, 5) is 28.9. The van der Waals surface area contributed by atoms with Gasteiger partial charge in [0.15, 0.2) is 0 Å². The number of amides is 2. The summed E-state index contributed by atoms with van der Waals surface area (Å²) in [6, 6.07) is 0. The Balaban J connectivity index is 2.26. The lowest BCUT2D eigenvalue weighted by atomic mass is 9.93. The van der Waals surface area contributed by atoms with E-state index in [4.69, 9.17) is 4.74 Å². The van der Waals surface area contributed by atoms with E-state index < -0.39 is 17.2 Å². The average Bonchev–Trinajstić information content (AvgIpc) is 3.06. The van der Waals surface area contributed by atoms with Crippen molar-refractivity contribution < 1.29 is 14.3 Å². The summed E-state index contributed by atoms with van der Waals surface area (Å²) in [6.45, 7) is 11.1. The van der Waals surface area contributed by atoms with Crippen LogP contribution in [0.5, 0.6) is 0 Å². The van der Waals surface area contributed by atoms with Crippen LogP contribution < -0.4 is 0 Å². The van der Waals surface area contributed by atoms with E-state index >= 15 is 0 Å². The molecule has 0 aliphatic carbocycles. The topological polar surface area (TPSA) is 49.9 Å². The number of carbonyl (C=O) groups excluding carboxylic acids is 2. The smallest absolute Gasteiger partial charge is 0.411 e. The summed E-state index contributed by atoms with van der Waals surface area (Å²) >= 11 is 0. The summed E-state index contributed by atoms with van der Waals surface area (Å²) < 4.78 is 5.48. The van der Waals surface area contributed by atoms with Crippen LogP contribution in [0.2, 0.25) is 0 Å². The van der Waals surface area contributed by atoms with Crippen LogP contribution in [0.15, 0.2) is 24.8 Å². The maximum Gasteiger partial charge on any atom is 0.411 e. The zero-order valence-corrected chi connectivity index (χ0v) is 13.8. The van der Waals surface area contributed by atoms with E-state index in [1.165, 1.54) is 4.90 Å². The molecule has 0 N–H and O–H groups in total. The van der Waals surface area contributed by atoms with Crippen molar-refractivity contribution in [2.45, 2.75) is 51.2 Å². The molecule has 22 heavy (non-hydrogen) atoms. The van der Waals surface area contributed by atoms with Crippen molar-refractivity contribution >= 4 is 12.0 Å². The molecule has 0 aromatic carbocycles. The SMILES string of the molecule is C=CCC1(C(=O)N2CCCC2)C=CCN1C(=O)OC(C)(C)C. The van der Waals surface area contributed by atoms with Crippen LogP contribution in [-0.4, -0.2) is 52.6 Å². The lowest BCUT2D eigenvalue weighted by Crippen LogP contribution is -2.58. The Labute approximate surface area is 132 Å². The van der Waals surface area contributed by atoms with Crippen LogP contribution in [-0.2, 0) is 9.53 Å². The van der Waals surface area contributed by atoms with Gasteiger partial charge in [-0.3, -0.25) is 9.69 Å². The fourth-order valence-corrected chi connectivity index (χ4v) is 3.03. The highest BCUT2D eigenvalue weighted by Gasteiger charge is 2.49. The maximum atomic E-state index is 13.0. The highest BCUT2D eigenvalue weighted by Crippen LogP contribution is 2.32. The molecule has 0 radical (unpaired) electrons. The Kier molecular flexibility index (Phi) is 4.63. The number of nitrogens with zero attached hydrogens (tertiary/aromatic N) is 2. The Morgan fingerprint density at radius 2 is 1.95 bits per heavy atom. The summed E-state index contributed by atoms with van der Waals surface area (Å²) in [6.07, 6.45) is 7.38. The van der Waals surface area contributed by atoms with Gasteiger partial charge in [-0.05, 0) is 33.6 Å².